The molecule has 3 N–H and O–H groups in total. The van der Waals surface area contributed by atoms with E-state index < -0.39 is 0 Å². The normalized spacial score (nSPS) is 18.9. The zero-order chi connectivity index (χ0) is 13.8. The van der Waals surface area contributed by atoms with Crippen LogP contribution in [0.15, 0.2) is 18.2 Å². The number of ether oxygens (including phenoxy) is 2. The zero-order valence-electron chi connectivity index (χ0n) is 10.8. The van der Waals surface area contributed by atoms with E-state index in [0.29, 0.717) is 37.6 Å². The predicted octanol–water partition coefficient (Wildman–Crippen LogP) is 0.495. The molecule has 1 aliphatic rings. The molecule has 0 saturated carbocycles. The van der Waals surface area contributed by atoms with Gasteiger partial charge in [-0.15, -0.1) is 0 Å². The molecule has 2 amide bonds. The summed E-state index contributed by atoms with van der Waals surface area (Å²) in [6.45, 7) is 2.10. The maximum absolute atomic E-state index is 11.8. The van der Waals surface area contributed by atoms with Gasteiger partial charge in [-0.05, 0) is 18.2 Å². The van der Waals surface area contributed by atoms with Crippen molar-refractivity contribution in [3.05, 3.63) is 18.2 Å². The average molecular weight is 277 g/mol. The minimum absolute atomic E-state index is 0.0903. The van der Waals surface area contributed by atoms with Crippen molar-refractivity contribution < 1.29 is 14.3 Å². The summed E-state index contributed by atoms with van der Waals surface area (Å²) < 4.78 is 10.7. The summed E-state index contributed by atoms with van der Waals surface area (Å²) in [5.74, 6) is 0. The molecule has 0 bridgehead atoms. The number of carbonyl (C=O) groups excluding carboxylic acids is 1. The summed E-state index contributed by atoms with van der Waals surface area (Å²) in [4.78, 5) is 11.8. The number of benzene rings is 1. The molecule has 1 saturated heterocycles. The van der Waals surface area contributed by atoms with Crippen molar-refractivity contribution in [1.29, 1.82) is 0 Å². The van der Waals surface area contributed by atoms with Crippen LogP contribution < -0.4 is 10.6 Å². The van der Waals surface area contributed by atoms with Crippen LogP contribution in [0.25, 0.3) is 11.0 Å². The molecule has 1 aliphatic heterocycles. The fourth-order valence-electron chi connectivity index (χ4n) is 1.95. The molecule has 1 unspecified atom stereocenters. The van der Waals surface area contributed by atoms with Crippen LogP contribution in [0.2, 0.25) is 0 Å². The van der Waals surface area contributed by atoms with Crippen LogP contribution in [0.3, 0.4) is 0 Å². The van der Waals surface area contributed by atoms with Gasteiger partial charge >= 0.3 is 6.03 Å². The van der Waals surface area contributed by atoms with E-state index in [4.69, 9.17) is 9.47 Å². The Kier molecular flexibility index (Phi) is 3.75. The van der Waals surface area contributed by atoms with E-state index in [0.717, 1.165) is 5.52 Å². The Morgan fingerprint density at radius 1 is 1.35 bits per heavy atom. The third-order valence-electron chi connectivity index (χ3n) is 2.95. The number of amides is 2. The summed E-state index contributed by atoms with van der Waals surface area (Å²) >= 11 is 0. The van der Waals surface area contributed by atoms with E-state index in [9.17, 15) is 4.79 Å². The molecule has 1 aromatic heterocycles. The van der Waals surface area contributed by atoms with Gasteiger partial charge in [0.25, 0.3) is 0 Å². The fraction of sp³-hybridized carbons (Fsp3) is 0.417. The molecule has 1 aromatic carbocycles. The average Bonchev–Trinajstić information content (AvgIpc) is 2.94. The highest BCUT2D eigenvalue weighted by atomic mass is 16.6. The number of anilines is 1. The van der Waals surface area contributed by atoms with Crippen molar-refractivity contribution in [3.8, 4) is 0 Å². The standard InChI is InChI=1S/C12H15N5O3/c18-12(13-6-9-7-19-3-4-20-9)14-8-1-2-10-11(5-8)16-17-15-10/h1-2,5,9H,3-4,6-7H2,(H2,13,14,18)(H,15,16,17). The van der Waals surface area contributed by atoms with E-state index in [1.807, 2.05) is 0 Å². The lowest BCUT2D eigenvalue weighted by molar-refractivity contribution is -0.0852. The molecule has 20 heavy (non-hydrogen) atoms. The molecule has 1 atom stereocenters. The Morgan fingerprint density at radius 3 is 3.10 bits per heavy atom. The molecule has 106 valence electrons. The number of urea groups is 1. The van der Waals surface area contributed by atoms with Crippen LogP contribution in [0, 0.1) is 0 Å². The van der Waals surface area contributed by atoms with E-state index in [1.54, 1.807) is 18.2 Å². The molecule has 0 spiro atoms. The smallest absolute Gasteiger partial charge is 0.319 e. The van der Waals surface area contributed by atoms with Crippen molar-refractivity contribution in [3.63, 3.8) is 0 Å². The van der Waals surface area contributed by atoms with Gasteiger partial charge in [-0.25, -0.2) is 4.79 Å². The Bertz CT molecular complexity index is 594. The summed E-state index contributed by atoms with van der Waals surface area (Å²) in [5.41, 5.74) is 2.11. The zero-order valence-corrected chi connectivity index (χ0v) is 10.8. The molecule has 2 heterocycles. The quantitative estimate of drug-likeness (QED) is 0.758. The van der Waals surface area contributed by atoms with Crippen molar-refractivity contribution in [2.24, 2.45) is 0 Å². The largest absolute Gasteiger partial charge is 0.376 e. The van der Waals surface area contributed by atoms with Crippen molar-refractivity contribution in [2.45, 2.75) is 6.10 Å². The molecule has 1 fully saturated rings. The Hall–Kier alpha value is -2.19. The van der Waals surface area contributed by atoms with Crippen LogP contribution in [0.4, 0.5) is 10.5 Å². The number of carbonyl (C=O) groups is 1. The second-order valence-corrected chi connectivity index (χ2v) is 4.43. The number of nitrogens with one attached hydrogen (secondary N) is 3. The first kappa shape index (κ1) is 12.8. The van der Waals surface area contributed by atoms with Gasteiger partial charge in [-0.3, -0.25) is 0 Å². The Morgan fingerprint density at radius 2 is 2.25 bits per heavy atom. The number of nitrogens with zero attached hydrogens (tertiary/aromatic N) is 2. The minimum Gasteiger partial charge on any atom is -0.376 e. The molecular formula is C12H15N5O3. The second-order valence-electron chi connectivity index (χ2n) is 4.43. The van der Waals surface area contributed by atoms with Gasteiger partial charge in [0.05, 0.1) is 25.9 Å². The maximum Gasteiger partial charge on any atom is 0.319 e. The third kappa shape index (κ3) is 3.03. The van der Waals surface area contributed by atoms with Gasteiger partial charge < -0.3 is 20.1 Å². The first-order valence-electron chi connectivity index (χ1n) is 6.36. The number of H-pyrrole nitrogens is 1. The van der Waals surface area contributed by atoms with E-state index in [-0.39, 0.29) is 12.1 Å². The van der Waals surface area contributed by atoms with Gasteiger partial charge in [0.2, 0.25) is 0 Å². The van der Waals surface area contributed by atoms with Crippen molar-refractivity contribution >= 4 is 22.8 Å². The second kappa shape index (κ2) is 5.85. The maximum atomic E-state index is 11.8. The van der Waals surface area contributed by atoms with Crippen LogP contribution >= 0.6 is 0 Å². The number of hydrogen-bond acceptors (Lipinski definition) is 5. The first-order chi connectivity index (χ1) is 9.81. The predicted molar refractivity (Wildman–Crippen MR) is 71.5 cm³/mol. The summed E-state index contributed by atoms with van der Waals surface area (Å²) in [6, 6.07) is 5.01. The lowest BCUT2D eigenvalue weighted by atomic mass is 10.3. The highest BCUT2D eigenvalue weighted by Crippen LogP contribution is 2.14. The van der Waals surface area contributed by atoms with E-state index in [1.165, 1.54) is 0 Å². The summed E-state index contributed by atoms with van der Waals surface area (Å²) in [7, 11) is 0. The van der Waals surface area contributed by atoms with Crippen LogP contribution in [-0.4, -0.2) is 53.9 Å². The van der Waals surface area contributed by atoms with Crippen molar-refractivity contribution in [1.82, 2.24) is 20.7 Å². The van der Waals surface area contributed by atoms with Gasteiger partial charge in [-0.2, -0.15) is 15.4 Å². The lowest BCUT2D eigenvalue weighted by Crippen LogP contribution is -2.41. The first-order valence-corrected chi connectivity index (χ1v) is 6.36. The lowest BCUT2D eigenvalue weighted by Gasteiger charge is -2.23. The Balaban J connectivity index is 1.52. The molecule has 8 heteroatoms. The number of aromatic amines is 1. The molecule has 8 nitrogen and oxygen atoms in total. The van der Waals surface area contributed by atoms with Gasteiger partial charge in [0, 0.05) is 12.2 Å². The van der Waals surface area contributed by atoms with Crippen LogP contribution in [0.5, 0.6) is 0 Å². The monoisotopic (exact) mass is 277 g/mol. The summed E-state index contributed by atoms with van der Waals surface area (Å²) in [6.07, 6.45) is -0.0903. The highest BCUT2D eigenvalue weighted by Gasteiger charge is 2.15. The van der Waals surface area contributed by atoms with Crippen LogP contribution in [-0.2, 0) is 9.47 Å². The molecule has 3 rings (SSSR count). The number of aromatic nitrogens is 3. The fourth-order valence-corrected chi connectivity index (χ4v) is 1.95. The summed E-state index contributed by atoms with van der Waals surface area (Å²) in [5, 5.41) is 15.9. The van der Waals surface area contributed by atoms with E-state index in [2.05, 4.69) is 26.0 Å². The number of hydrogen-bond donors (Lipinski definition) is 3. The van der Waals surface area contributed by atoms with Gasteiger partial charge in [0.1, 0.15) is 11.0 Å². The van der Waals surface area contributed by atoms with E-state index >= 15 is 0 Å². The SMILES string of the molecule is O=C(NCC1COCCO1)Nc1ccc2n[nH]nc2c1. The molecule has 0 radical (unpaired) electrons. The van der Waals surface area contributed by atoms with Crippen molar-refractivity contribution in [2.75, 3.05) is 31.7 Å². The molecular weight excluding hydrogens is 262 g/mol. The minimum atomic E-state index is -0.290. The number of fused-ring (bicyclic) bond motifs is 1. The molecule has 2 aromatic rings. The van der Waals surface area contributed by atoms with Gasteiger partial charge in [-0.1, -0.05) is 0 Å². The molecule has 0 aliphatic carbocycles. The number of rotatable bonds is 3. The third-order valence-corrected chi connectivity index (χ3v) is 2.95. The Labute approximate surface area is 114 Å². The highest BCUT2D eigenvalue weighted by molar-refractivity contribution is 5.91. The van der Waals surface area contributed by atoms with Gasteiger partial charge in [0.15, 0.2) is 0 Å². The van der Waals surface area contributed by atoms with Crippen LogP contribution in [0.1, 0.15) is 0 Å². The topological polar surface area (TPSA) is 101 Å².